The van der Waals surface area contributed by atoms with E-state index in [1.54, 1.807) is 30.5 Å². The number of nitrogens with zero attached hydrogens (tertiary/aromatic N) is 1. The third-order valence-electron chi connectivity index (χ3n) is 1.92. The number of hydrogen-bond donors (Lipinski definition) is 2. The lowest BCUT2D eigenvalue weighted by atomic mass is 10.2. The molecule has 1 aromatic carbocycles. The standard InChI is InChI=1S/C11H11N3O/c12-9-5-4-8(7-10(9)13)15-11-3-1-2-6-14-11/h1-7H,12-13H2. The maximum absolute atomic E-state index is 5.65. The lowest BCUT2D eigenvalue weighted by Gasteiger charge is -2.06. The molecule has 1 heterocycles. The lowest BCUT2D eigenvalue weighted by molar-refractivity contribution is 0.463. The van der Waals surface area contributed by atoms with E-state index in [4.69, 9.17) is 16.2 Å². The second kappa shape index (κ2) is 3.88. The molecule has 0 saturated carbocycles. The lowest BCUT2D eigenvalue weighted by Crippen LogP contribution is -1.95. The van der Waals surface area contributed by atoms with Gasteiger partial charge >= 0.3 is 0 Å². The molecule has 15 heavy (non-hydrogen) atoms. The Morgan fingerprint density at radius 3 is 2.53 bits per heavy atom. The number of ether oxygens (including phenoxy) is 1. The van der Waals surface area contributed by atoms with E-state index in [-0.39, 0.29) is 0 Å². The van der Waals surface area contributed by atoms with Crippen LogP contribution in [0.1, 0.15) is 0 Å². The molecule has 4 N–H and O–H groups in total. The molecular formula is C11H11N3O. The van der Waals surface area contributed by atoms with Crippen molar-refractivity contribution >= 4 is 11.4 Å². The van der Waals surface area contributed by atoms with E-state index < -0.39 is 0 Å². The largest absolute Gasteiger partial charge is 0.439 e. The molecule has 0 unspecified atom stereocenters. The Labute approximate surface area is 87.5 Å². The summed E-state index contributed by atoms with van der Waals surface area (Å²) in [6.45, 7) is 0. The number of pyridine rings is 1. The zero-order chi connectivity index (χ0) is 10.7. The molecule has 0 radical (unpaired) electrons. The molecule has 76 valence electrons. The fraction of sp³-hybridized carbons (Fsp3) is 0. The van der Waals surface area contributed by atoms with Gasteiger partial charge < -0.3 is 16.2 Å². The van der Waals surface area contributed by atoms with E-state index in [1.165, 1.54) is 0 Å². The first-order chi connectivity index (χ1) is 7.25. The van der Waals surface area contributed by atoms with Gasteiger partial charge in [0.05, 0.1) is 11.4 Å². The fourth-order valence-electron chi connectivity index (χ4n) is 1.14. The van der Waals surface area contributed by atoms with Gasteiger partial charge in [-0.25, -0.2) is 4.98 Å². The van der Waals surface area contributed by atoms with Crippen molar-refractivity contribution < 1.29 is 4.74 Å². The summed E-state index contributed by atoms with van der Waals surface area (Å²) in [5, 5.41) is 0. The van der Waals surface area contributed by atoms with Crippen molar-refractivity contribution in [3.05, 3.63) is 42.6 Å². The molecule has 0 aliphatic rings. The molecule has 4 heteroatoms. The van der Waals surface area contributed by atoms with Crippen molar-refractivity contribution in [2.45, 2.75) is 0 Å². The molecule has 0 spiro atoms. The Balaban J connectivity index is 2.22. The van der Waals surface area contributed by atoms with Gasteiger partial charge in [0.2, 0.25) is 5.88 Å². The summed E-state index contributed by atoms with van der Waals surface area (Å²) in [5.74, 6) is 1.15. The maximum atomic E-state index is 5.65. The first kappa shape index (κ1) is 9.33. The Bertz CT molecular complexity index is 457. The van der Waals surface area contributed by atoms with Crippen LogP contribution in [0.2, 0.25) is 0 Å². The van der Waals surface area contributed by atoms with E-state index in [1.807, 2.05) is 12.1 Å². The Kier molecular flexibility index (Phi) is 2.41. The summed E-state index contributed by atoms with van der Waals surface area (Å²) >= 11 is 0. The van der Waals surface area contributed by atoms with Crippen molar-refractivity contribution in [3.63, 3.8) is 0 Å². The quantitative estimate of drug-likeness (QED) is 0.729. The number of benzene rings is 1. The number of nitrogen functional groups attached to an aromatic ring is 2. The van der Waals surface area contributed by atoms with Gasteiger partial charge in [0.1, 0.15) is 5.75 Å². The van der Waals surface area contributed by atoms with Crippen LogP contribution in [-0.4, -0.2) is 4.98 Å². The molecule has 0 amide bonds. The van der Waals surface area contributed by atoms with E-state index in [0.717, 1.165) is 0 Å². The summed E-state index contributed by atoms with van der Waals surface area (Å²) in [6, 6.07) is 10.6. The SMILES string of the molecule is Nc1ccc(Oc2ccccn2)cc1N. The molecule has 0 bridgehead atoms. The van der Waals surface area contributed by atoms with Gasteiger partial charge in [0.25, 0.3) is 0 Å². The van der Waals surface area contributed by atoms with E-state index in [2.05, 4.69) is 4.98 Å². The van der Waals surface area contributed by atoms with E-state index in [0.29, 0.717) is 23.0 Å². The second-order valence-electron chi connectivity index (χ2n) is 3.06. The van der Waals surface area contributed by atoms with Crippen LogP contribution in [0, 0.1) is 0 Å². The Morgan fingerprint density at radius 1 is 1.00 bits per heavy atom. The van der Waals surface area contributed by atoms with Crippen LogP contribution in [0.3, 0.4) is 0 Å². The van der Waals surface area contributed by atoms with E-state index >= 15 is 0 Å². The van der Waals surface area contributed by atoms with Gasteiger partial charge in [-0.1, -0.05) is 6.07 Å². The van der Waals surface area contributed by atoms with Crippen LogP contribution in [0.15, 0.2) is 42.6 Å². The topological polar surface area (TPSA) is 74.2 Å². The van der Waals surface area contributed by atoms with Gasteiger partial charge in [-0.2, -0.15) is 0 Å². The molecule has 2 aromatic rings. The monoisotopic (exact) mass is 201 g/mol. The van der Waals surface area contributed by atoms with Crippen molar-refractivity contribution in [1.82, 2.24) is 4.98 Å². The third kappa shape index (κ3) is 2.17. The predicted molar refractivity (Wildman–Crippen MR) is 59.6 cm³/mol. The molecule has 2 rings (SSSR count). The molecule has 0 fully saturated rings. The van der Waals surface area contributed by atoms with Crippen LogP contribution in [-0.2, 0) is 0 Å². The van der Waals surface area contributed by atoms with Crippen molar-refractivity contribution in [2.75, 3.05) is 11.5 Å². The van der Waals surface area contributed by atoms with Crippen molar-refractivity contribution in [3.8, 4) is 11.6 Å². The number of hydrogen-bond acceptors (Lipinski definition) is 4. The first-order valence-electron chi connectivity index (χ1n) is 4.49. The first-order valence-corrected chi connectivity index (χ1v) is 4.49. The van der Waals surface area contributed by atoms with E-state index in [9.17, 15) is 0 Å². The molecule has 0 aliphatic heterocycles. The minimum atomic E-state index is 0.503. The summed E-state index contributed by atoms with van der Waals surface area (Å²) in [5.41, 5.74) is 12.3. The van der Waals surface area contributed by atoms with Gasteiger partial charge in [0, 0.05) is 18.3 Å². The summed E-state index contributed by atoms with van der Waals surface area (Å²) < 4.78 is 5.47. The average Bonchev–Trinajstić information content (AvgIpc) is 2.25. The van der Waals surface area contributed by atoms with Crippen LogP contribution in [0.4, 0.5) is 11.4 Å². The second-order valence-corrected chi connectivity index (χ2v) is 3.06. The Morgan fingerprint density at radius 2 is 1.87 bits per heavy atom. The Hall–Kier alpha value is -2.23. The minimum absolute atomic E-state index is 0.503. The zero-order valence-corrected chi connectivity index (χ0v) is 8.05. The zero-order valence-electron chi connectivity index (χ0n) is 8.05. The van der Waals surface area contributed by atoms with Crippen molar-refractivity contribution in [1.29, 1.82) is 0 Å². The van der Waals surface area contributed by atoms with Crippen LogP contribution >= 0.6 is 0 Å². The minimum Gasteiger partial charge on any atom is -0.439 e. The number of rotatable bonds is 2. The molecule has 4 nitrogen and oxygen atoms in total. The number of anilines is 2. The number of nitrogens with two attached hydrogens (primary N) is 2. The predicted octanol–water partition coefficient (Wildman–Crippen LogP) is 2.04. The maximum Gasteiger partial charge on any atom is 0.219 e. The molecule has 0 saturated heterocycles. The average molecular weight is 201 g/mol. The highest BCUT2D eigenvalue weighted by molar-refractivity contribution is 5.65. The highest BCUT2D eigenvalue weighted by atomic mass is 16.5. The molecule has 1 aromatic heterocycles. The van der Waals surface area contributed by atoms with Gasteiger partial charge in [0.15, 0.2) is 0 Å². The molecule has 0 aliphatic carbocycles. The van der Waals surface area contributed by atoms with Gasteiger partial charge in [-0.05, 0) is 18.2 Å². The summed E-state index contributed by atoms with van der Waals surface area (Å²) in [4.78, 5) is 4.03. The van der Waals surface area contributed by atoms with Gasteiger partial charge in [-0.3, -0.25) is 0 Å². The smallest absolute Gasteiger partial charge is 0.219 e. The molecule has 0 atom stereocenters. The summed E-state index contributed by atoms with van der Waals surface area (Å²) in [7, 11) is 0. The van der Waals surface area contributed by atoms with Crippen LogP contribution < -0.4 is 16.2 Å². The highest BCUT2D eigenvalue weighted by Gasteiger charge is 2.00. The number of aromatic nitrogens is 1. The fourth-order valence-corrected chi connectivity index (χ4v) is 1.14. The van der Waals surface area contributed by atoms with Crippen LogP contribution in [0.5, 0.6) is 11.6 Å². The van der Waals surface area contributed by atoms with Crippen molar-refractivity contribution in [2.24, 2.45) is 0 Å². The highest BCUT2D eigenvalue weighted by Crippen LogP contribution is 2.24. The summed E-state index contributed by atoms with van der Waals surface area (Å²) in [6.07, 6.45) is 1.66. The van der Waals surface area contributed by atoms with Gasteiger partial charge in [-0.15, -0.1) is 0 Å². The normalized spacial score (nSPS) is 9.87. The molecular weight excluding hydrogens is 190 g/mol. The third-order valence-corrected chi connectivity index (χ3v) is 1.92. The van der Waals surface area contributed by atoms with Crippen LogP contribution in [0.25, 0.3) is 0 Å².